The number of aliphatic hydroxyl groups excluding tert-OH is 2. The maximum Gasteiger partial charge on any atom is 0.255 e. The van der Waals surface area contributed by atoms with E-state index in [1.807, 2.05) is 62.0 Å². The summed E-state index contributed by atoms with van der Waals surface area (Å²) in [5.41, 5.74) is 7.11. The van der Waals surface area contributed by atoms with Gasteiger partial charge >= 0.3 is 0 Å². The first-order valence-corrected chi connectivity index (χ1v) is 13.3. The second-order valence-corrected chi connectivity index (χ2v) is 10.1. The largest absolute Gasteiger partial charge is 0.395 e. The molecule has 0 unspecified atom stereocenters. The van der Waals surface area contributed by atoms with Crippen molar-refractivity contribution in [2.24, 2.45) is 0 Å². The molecule has 200 valence electrons. The lowest BCUT2D eigenvalue weighted by molar-refractivity contribution is -0.122. The van der Waals surface area contributed by atoms with Crippen molar-refractivity contribution >= 4 is 17.0 Å². The van der Waals surface area contributed by atoms with Crippen LogP contribution < -0.4 is 0 Å². The number of aliphatic hydroxyl groups is 2. The Morgan fingerprint density at radius 1 is 1.08 bits per heavy atom. The number of likely N-dealkylation sites (tertiary alicyclic amines) is 1. The van der Waals surface area contributed by atoms with Crippen molar-refractivity contribution in [1.29, 1.82) is 0 Å². The van der Waals surface area contributed by atoms with Gasteiger partial charge in [0.1, 0.15) is 0 Å². The summed E-state index contributed by atoms with van der Waals surface area (Å²) in [5, 5.41) is 23.5. The molecule has 5 rings (SSSR count). The molecule has 2 N–H and O–H groups in total. The predicted molar refractivity (Wildman–Crippen MR) is 147 cm³/mol. The zero-order valence-corrected chi connectivity index (χ0v) is 22.3. The van der Waals surface area contributed by atoms with Gasteiger partial charge in [-0.2, -0.15) is 5.10 Å². The van der Waals surface area contributed by atoms with E-state index in [9.17, 15) is 15.0 Å². The van der Waals surface area contributed by atoms with Gasteiger partial charge in [-0.05, 0) is 57.4 Å². The fourth-order valence-electron chi connectivity index (χ4n) is 5.60. The molecule has 0 radical (unpaired) electrons. The summed E-state index contributed by atoms with van der Waals surface area (Å²) < 4.78 is 1.82. The highest BCUT2D eigenvalue weighted by molar-refractivity contribution is 5.99. The van der Waals surface area contributed by atoms with Crippen molar-refractivity contribution < 1.29 is 15.0 Å². The van der Waals surface area contributed by atoms with E-state index >= 15 is 0 Å². The van der Waals surface area contributed by atoms with Gasteiger partial charge in [0.05, 0.1) is 53.4 Å². The highest BCUT2D eigenvalue weighted by Crippen LogP contribution is 2.31. The lowest BCUT2D eigenvalue weighted by atomic mass is 10.00. The van der Waals surface area contributed by atoms with Gasteiger partial charge < -0.3 is 15.1 Å². The van der Waals surface area contributed by atoms with Crippen LogP contribution in [0.2, 0.25) is 0 Å². The van der Waals surface area contributed by atoms with Crippen LogP contribution in [0.4, 0.5) is 0 Å². The van der Waals surface area contributed by atoms with Gasteiger partial charge in [0.25, 0.3) is 5.91 Å². The molecule has 5 heterocycles. The van der Waals surface area contributed by atoms with Gasteiger partial charge in [0, 0.05) is 50.1 Å². The second kappa shape index (κ2) is 11.1. The van der Waals surface area contributed by atoms with Gasteiger partial charge in [-0.1, -0.05) is 12.2 Å². The van der Waals surface area contributed by atoms with Crippen LogP contribution in [-0.2, 0) is 4.79 Å². The molecule has 2 aromatic rings. The highest BCUT2D eigenvalue weighted by Gasteiger charge is 2.28. The molecule has 0 aliphatic carbocycles. The summed E-state index contributed by atoms with van der Waals surface area (Å²) in [5.74, 6) is -0.115. The van der Waals surface area contributed by atoms with Gasteiger partial charge in [0.15, 0.2) is 0 Å². The number of amides is 1. The van der Waals surface area contributed by atoms with Crippen LogP contribution in [0.1, 0.15) is 36.8 Å². The lowest BCUT2D eigenvalue weighted by Gasteiger charge is -2.41. The number of carbonyl (C=O) groups excluding carboxylic acids is 1. The number of hydrogen-bond acceptors (Lipinski definition) is 7. The first-order chi connectivity index (χ1) is 18.4. The number of aromatic nitrogens is 3. The topological polar surface area (TPSA) is 97.4 Å². The fourth-order valence-corrected chi connectivity index (χ4v) is 5.60. The molecule has 0 spiro atoms. The van der Waals surface area contributed by atoms with Crippen LogP contribution in [0.15, 0.2) is 65.8 Å². The maximum absolute atomic E-state index is 13.6. The van der Waals surface area contributed by atoms with Crippen molar-refractivity contribution in [2.45, 2.75) is 39.7 Å². The third kappa shape index (κ3) is 5.22. The molecule has 0 saturated carbocycles. The minimum atomic E-state index is -0.115. The zero-order chi connectivity index (χ0) is 26.8. The van der Waals surface area contributed by atoms with Crippen molar-refractivity contribution in [3.63, 3.8) is 0 Å². The summed E-state index contributed by atoms with van der Waals surface area (Å²) >= 11 is 0. The zero-order valence-electron chi connectivity index (χ0n) is 22.3. The number of aryl methyl sites for hydroxylation is 2. The molecule has 0 bridgehead atoms. The molecule has 9 nitrogen and oxygen atoms in total. The number of nitrogens with zero attached hydrogens (tertiary/aromatic N) is 6. The summed E-state index contributed by atoms with van der Waals surface area (Å²) in [7, 11) is 0. The molecule has 9 heteroatoms. The highest BCUT2D eigenvalue weighted by atomic mass is 16.3. The second-order valence-electron chi connectivity index (χ2n) is 10.1. The first kappa shape index (κ1) is 26.1. The summed E-state index contributed by atoms with van der Waals surface area (Å²) in [4.78, 5) is 24.3. The summed E-state index contributed by atoms with van der Waals surface area (Å²) in [6.45, 7) is 8.98. The molecule has 0 atom stereocenters. The third-order valence-corrected chi connectivity index (χ3v) is 7.51. The van der Waals surface area contributed by atoms with Crippen molar-refractivity contribution in [1.82, 2.24) is 29.3 Å². The molecule has 0 aromatic carbocycles. The number of piperidine rings is 1. The van der Waals surface area contributed by atoms with Crippen LogP contribution in [-0.4, -0.2) is 90.9 Å². The van der Waals surface area contributed by atoms with Crippen LogP contribution >= 0.6 is 0 Å². The minimum absolute atomic E-state index is 0.0918. The SMILES string of the molecule is CC1=CC(N2CCC(N(CCO)CCO)CC2)=CN2C(=O)\C=C(c3cc4c(C)nc(C)cn4n3)/C=C/C=C\12. The number of allylic oxidation sites excluding steroid dienone is 6. The average Bonchev–Trinajstić information content (AvgIpc) is 3.32. The van der Waals surface area contributed by atoms with Crippen molar-refractivity contribution in [2.75, 3.05) is 39.4 Å². The third-order valence-electron chi connectivity index (χ3n) is 7.51. The van der Waals surface area contributed by atoms with Crippen molar-refractivity contribution in [3.8, 4) is 0 Å². The van der Waals surface area contributed by atoms with E-state index in [2.05, 4.69) is 20.9 Å². The molecule has 1 amide bonds. The van der Waals surface area contributed by atoms with Crippen LogP contribution in [0.3, 0.4) is 0 Å². The first-order valence-electron chi connectivity index (χ1n) is 13.3. The van der Waals surface area contributed by atoms with Crippen LogP contribution in [0, 0.1) is 13.8 Å². The standard InChI is InChI=1S/C29H36N6O3/c1-20-15-25(32-9-7-24(8-10-32)33(11-13-36)12-14-37)19-34-27(20)6-4-5-23(16-29(34)38)26-17-28-22(3)30-21(2)18-35(28)31-26/h4-6,15-19,24,36-37H,7-14H2,1-3H3/b5-4+,23-16+,27-6+. The summed E-state index contributed by atoms with van der Waals surface area (Å²) in [6, 6.07) is 2.31. The molecule has 1 fully saturated rings. The Morgan fingerprint density at radius 3 is 2.53 bits per heavy atom. The van der Waals surface area contributed by atoms with E-state index in [0.717, 1.165) is 71.1 Å². The van der Waals surface area contributed by atoms with Crippen LogP contribution in [0.25, 0.3) is 11.1 Å². The van der Waals surface area contributed by atoms with Crippen molar-refractivity contribution in [3.05, 3.63) is 82.9 Å². The van der Waals surface area contributed by atoms with Gasteiger partial charge in [-0.15, -0.1) is 0 Å². The maximum atomic E-state index is 13.6. The van der Waals surface area contributed by atoms with E-state index in [0.29, 0.717) is 19.1 Å². The van der Waals surface area contributed by atoms with Gasteiger partial charge in [-0.3, -0.25) is 19.6 Å². The molecular formula is C29H36N6O3. The van der Waals surface area contributed by atoms with E-state index < -0.39 is 0 Å². The Bertz CT molecular complexity index is 1370. The minimum Gasteiger partial charge on any atom is -0.395 e. The molecular weight excluding hydrogens is 480 g/mol. The Morgan fingerprint density at radius 2 is 1.82 bits per heavy atom. The van der Waals surface area contributed by atoms with Gasteiger partial charge in [0.2, 0.25) is 0 Å². The van der Waals surface area contributed by atoms with Gasteiger partial charge in [-0.25, -0.2) is 4.52 Å². The number of rotatable bonds is 7. The van der Waals surface area contributed by atoms with E-state index in [1.165, 1.54) is 0 Å². The van der Waals surface area contributed by atoms with E-state index in [4.69, 9.17) is 5.10 Å². The Kier molecular flexibility index (Phi) is 7.60. The number of carbonyl (C=O) groups is 1. The molecule has 1 saturated heterocycles. The Hall–Kier alpha value is -3.53. The van der Waals surface area contributed by atoms with E-state index in [1.54, 1.807) is 11.0 Å². The normalized spacial score (nSPS) is 22.3. The smallest absolute Gasteiger partial charge is 0.255 e. The fraction of sp³-hybridized carbons (Fsp3) is 0.414. The molecule has 38 heavy (non-hydrogen) atoms. The Balaban J connectivity index is 1.38. The average molecular weight is 517 g/mol. The summed E-state index contributed by atoms with van der Waals surface area (Å²) in [6.07, 6.45) is 15.4. The Labute approximate surface area is 223 Å². The molecule has 3 aliphatic heterocycles. The quantitative estimate of drug-likeness (QED) is 0.584. The van der Waals surface area contributed by atoms with Crippen LogP contribution in [0.5, 0.6) is 0 Å². The molecule has 3 aliphatic rings. The monoisotopic (exact) mass is 516 g/mol. The number of hydrogen-bond donors (Lipinski definition) is 2. The predicted octanol–water partition coefficient (Wildman–Crippen LogP) is 2.56. The molecule has 2 aromatic heterocycles. The van der Waals surface area contributed by atoms with E-state index in [-0.39, 0.29) is 19.1 Å². The lowest BCUT2D eigenvalue weighted by Crippen LogP contribution is -2.46. The number of fused-ring (bicyclic) bond motifs is 2.